The lowest BCUT2D eigenvalue weighted by Gasteiger charge is -2.16. The van der Waals surface area contributed by atoms with Crippen molar-refractivity contribution in [3.63, 3.8) is 0 Å². The second kappa shape index (κ2) is 7.40. The van der Waals surface area contributed by atoms with Gasteiger partial charge in [-0.15, -0.1) is 12.4 Å². The van der Waals surface area contributed by atoms with Gasteiger partial charge in [-0.25, -0.2) is 4.39 Å². The molecule has 2 rings (SSSR count). The van der Waals surface area contributed by atoms with E-state index >= 15 is 0 Å². The van der Waals surface area contributed by atoms with Gasteiger partial charge in [0.05, 0.1) is 11.7 Å². The fourth-order valence-electron chi connectivity index (χ4n) is 2.29. The molecule has 3 nitrogen and oxygen atoms in total. The number of alkyl halides is 3. The van der Waals surface area contributed by atoms with Gasteiger partial charge in [0.15, 0.2) is 0 Å². The van der Waals surface area contributed by atoms with Gasteiger partial charge in [0.2, 0.25) is 0 Å². The van der Waals surface area contributed by atoms with Crippen LogP contribution in [-0.2, 0) is 12.7 Å². The molecule has 1 fully saturated rings. The third-order valence-electron chi connectivity index (χ3n) is 3.40. The van der Waals surface area contributed by atoms with Crippen molar-refractivity contribution in [2.45, 2.75) is 18.8 Å². The number of hydrogen-bond donors (Lipinski definition) is 3. The molecule has 2 unspecified atom stereocenters. The maximum atomic E-state index is 12.9. The van der Waals surface area contributed by atoms with E-state index in [1.807, 2.05) is 0 Å². The summed E-state index contributed by atoms with van der Waals surface area (Å²) in [5.74, 6) is -0.929. The minimum atomic E-state index is -4.58. The fraction of sp³-hybridized carbons (Fsp3) is 0.538. The zero-order chi connectivity index (χ0) is 14.8. The van der Waals surface area contributed by atoms with Crippen LogP contribution < -0.4 is 10.6 Å². The number of hydrogen-bond acceptors (Lipinski definition) is 3. The van der Waals surface area contributed by atoms with Crippen LogP contribution in [0.25, 0.3) is 0 Å². The Morgan fingerprint density at radius 3 is 2.57 bits per heavy atom. The van der Waals surface area contributed by atoms with Gasteiger partial charge < -0.3 is 15.7 Å². The highest BCUT2D eigenvalue weighted by Gasteiger charge is 2.33. The maximum Gasteiger partial charge on any atom is 0.416 e. The predicted octanol–water partition coefficient (Wildman–Crippen LogP) is 1.94. The predicted molar refractivity (Wildman–Crippen MR) is 72.7 cm³/mol. The molecule has 21 heavy (non-hydrogen) atoms. The molecule has 1 aromatic carbocycles. The second-order valence-electron chi connectivity index (χ2n) is 4.92. The average molecular weight is 329 g/mol. The SMILES string of the molecule is Cl.OC1CNCC1CNCc1ccc(F)cc1C(F)(F)F. The number of aliphatic hydroxyl groups excluding tert-OH is 1. The van der Waals surface area contributed by atoms with Gasteiger partial charge in [-0.3, -0.25) is 0 Å². The first kappa shape index (κ1) is 18.2. The molecule has 0 spiro atoms. The van der Waals surface area contributed by atoms with Crippen molar-refractivity contribution in [2.24, 2.45) is 5.92 Å². The van der Waals surface area contributed by atoms with Crippen LogP contribution in [0.15, 0.2) is 18.2 Å². The van der Waals surface area contributed by atoms with Crippen LogP contribution >= 0.6 is 12.4 Å². The summed E-state index contributed by atoms with van der Waals surface area (Å²) in [6.07, 6.45) is -5.06. The van der Waals surface area contributed by atoms with E-state index in [1.54, 1.807) is 0 Å². The van der Waals surface area contributed by atoms with Crippen LogP contribution in [0.1, 0.15) is 11.1 Å². The lowest BCUT2D eigenvalue weighted by atomic mass is 10.0. The number of aliphatic hydroxyl groups is 1. The van der Waals surface area contributed by atoms with Crippen molar-refractivity contribution in [2.75, 3.05) is 19.6 Å². The largest absolute Gasteiger partial charge is 0.416 e. The lowest BCUT2D eigenvalue weighted by Crippen LogP contribution is -2.30. The Morgan fingerprint density at radius 2 is 2.00 bits per heavy atom. The van der Waals surface area contributed by atoms with Gasteiger partial charge in [0.1, 0.15) is 5.82 Å². The van der Waals surface area contributed by atoms with Gasteiger partial charge in [-0.05, 0) is 17.7 Å². The summed E-state index contributed by atoms with van der Waals surface area (Å²) in [4.78, 5) is 0. The molecule has 1 aliphatic rings. The van der Waals surface area contributed by atoms with Crippen molar-refractivity contribution in [3.8, 4) is 0 Å². The smallest absolute Gasteiger partial charge is 0.391 e. The summed E-state index contributed by atoms with van der Waals surface area (Å²) < 4.78 is 51.3. The van der Waals surface area contributed by atoms with Crippen molar-refractivity contribution in [1.29, 1.82) is 0 Å². The molecule has 3 N–H and O–H groups in total. The van der Waals surface area contributed by atoms with Crippen LogP contribution in [-0.4, -0.2) is 30.8 Å². The summed E-state index contributed by atoms with van der Waals surface area (Å²) >= 11 is 0. The molecule has 0 bridgehead atoms. The topological polar surface area (TPSA) is 44.3 Å². The number of benzene rings is 1. The summed E-state index contributed by atoms with van der Waals surface area (Å²) in [6, 6.07) is 2.65. The second-order valence-corrected chi connectivity index (χ2v) is 4.92. The van der Waals surface area contributed by atoms with Gasteiger partial charge in [0.25, 0.3) is 0 Å². The molecule has 1 aliphatic heterocycles. The summed E-state index contributed by atoms with van der Waals surface area (Å²) in [6.45, 7) is 1.52. The molecule has 1 saturated heterocycles. The van der Waals surface area contributed by atoms with E-state index in [2.05, 4.69) is 10.6 Å². The highest BCUT2D eigenvalue weighted by molar-refractivity contribution is 5.85. The van der Waals surface area contributed by atoms with Crippen molar-refractivity contribution in [1.82, 2.24) is 10.6 Å². The summed E-state index contributed by atoms with van der Waals surface area (Å²) in [7, 11) is 0. The first-order valence-corrected chi connectivity index (χ1v) is 6.33. The van der Waals surface area contributed by atoms with E-state index in [9.17, 15) is 22.7 Å². The molecule has 0 aliphatic carbocycles. The first-order valence-electron chi connectivity index (χ1n) is 6.33. The van der Waals surface area contributed by atoms with Gasteiger partial charge >= 0.3 is 6.18 Å². The van der Waals surface area contributed by atoms with E-state index < -0.39 is 23.7 Å². The minimum absolute atomic E-state index is 0. The van der Waals surface area contributed by atoms with Gasteiger partial charge in [0, 0.05) is 32.1 Å². The lowest BCUT2D eigenvalue weighted by molar-refractivity contribution is -0.138. The summed E-state index contributed by atoms with van der Waals surface area (Å²) in [5.41, 5.74) is -0.963. The van der Waals surface area contributed by atoms with E-state index in [0.717, 1.165) is 12.1 Å². The monoisotopic (exact) mass is 328 g/mol. The van der Waals surface area contributed by atoms with E-state index in [1.165, 1.54) is 0 Å². The Morgan fingerprint density at radius 1 is 1.29 bits per heavy atom. The van der Waals surface area contributed by atoms with Gasteiger partial charge in [-0.2, -0.15) is 13.2 Å². The molecule has 8 heteroatoms. The molecule has 0 radical (unpaired) electrons. The molecular formula is C13H17ClF4N2O. The van der Waals surface area contributed by atoms with E-state index in [-0.39, 0.29) is 30.4 Å². The molecule has 0 aromatic heterocycles. The van der Waals surface area contributed by atoms with Gasteiger partial charge in [-0.1, -0.05) is 6.07 Å². The zero-order valence-electron chi connectivity index (χ0n) is 11.1. The first-order chi connectivity index (χ1) is 9.38. The Labute approximate surface area is 126 Å². The van der Waals surface area contributed by atoms with Crippen molar-refractivity contribution >= 4 is 12.4 Å². The third-order valence-corrected chi connectivity index (χ3v) is 3.40. The Bertz CT molecular complexity index is 470. The number of rotatable bonds is 4. The van der Waals surface area contributed by atoms with Crippen LogP contribution in [0.2, 0.25) is 0 Å². The molecule has 0 saturated carbocycles. The highest BCUT2D eigenvalue weighted by atomic mass is 35.5. The number of nitrogens with one attached hydrogen (secondary N) is 2. The van der Waals surface area contributed by atoms with Crippen LogP contribution in [0, 0.1) is 11.7 Å². The standard InChI is InChI=1S/C13H16F4N2O.ClH/c14-10-2-1-8(11(3-10)13(15,16)17)4-18-5-9-6-19-7-12(9)20;/h1-3,9,12,18-20H,4-7H2;1H. The molecule has 0 amide bonds. The minimum Gasteiger partial charge on any atom is -0.391 e. The third kappa shape index (κ3) is 4.81. The average Bonchev–Trinajstić information content (AvgIpc) is 2.76. The summed E-state index contributed by atoms with van der Waals surface area (Å²) in [5, 5.41) is 15.5. The molecule has 1 heterocycles. The Hall–Kier alpha value is -0.890. The molecule has 1 aromatic rings. The zero-order valence-corrected chi connectivity index (χ0v) is 11.9. The van der Waals surface area contributed by atoms with E-state index in [4.69, 9.17) is 0 Å². The normalized spacial score (nSPS) is 22.1. The molecular weight excluding hydrogens is 312 g/mol. The maximum absolute atomic E-state index is 12.9. The van der Waals surface area contributed by atoms with Crippen molar-refractivity contribution < 1.29 is 22.7 Å². The quantitative estimate of drug-likeness (QED) is 0.740. The van der Waals surface area contributed by atoms with Crippen LogP contribution in [0.3, 0.4) is 0 Å². The number of halogens is 5. The Kier molecular flexibility index (Phi) is 6.40. The molecule has 120 valence electrons. The van der Waals surface area contributed by atoms with Crippen LogP contribution in [0.4, 0.5) is 17.6 Å². The Balaban J connectivity index is 0.00000220. The van der Waals surface area contributed by atoms with E-state index in [0.29, 0.717) is 25.7 Å². The fourth-order valence-corrected chi connectivity index (χ4v) is 2.29. The molecule has 2 atom stereocenters. The highest BCUT2D eigenvalue weighted by Crippen LogP contribution is 2.32. The van der Waals surface area contributed by atoms with Crippen LogP contribution in [0.5, 0.6) is 0 Å². The number of β-amino-alcohol motifs (C(OH)–C–C–N with tert-alkyl or cyclic N) is 1. The van der Waals surface area contributed by atoms with Crippen molar-refractivity contribution in [3.05, 3.63) is 35.1 Å².